The summed E-state index contributed by atoms with van der Waals surface area (Å²) in [6.07, 6.45) is 2.62. The summed E-state index contributed by atoms with van der Waals surface area (Å²) in [7, 11) is 0. The number of anilines is 1. The lowest BCUT2D eigenvalue weighted by atomic mass is 10.2. The number of nitrogens with one attached hydrogen (secondary N) is 1. The van der Waals surface area contributed by atoms with Gasteiger partial charge in [-0.1, -0.05) is 19.1 Å². The molecule has 2 rings (SSSR count). The molecule has 0 spiro atoms. The molecule has 4 nitrogen and oxygen atoms in total. The van der Waals surface area contributed by atoms with Gasteiger partial charge < -0.3 is 11.1 Å². The van der Waals surface area contributed by atoms with Crippen molar-refractivity contribution >= 4 is 34.4 Å². The van der Waals surface area contributed by atoms with Gasteiger partial charge in [0.05, 0.1) is 18.3 Å². The Balaban J connectivity index is 2.13. The maximum Gasteiger partial charge on any atom is 0.159 e. The minimum absolute atomic E-state index is 0.328. The molecule has 0 aliphatic rings. The number of hydrogen-bond acceptors (Lipinski definition) is 5. The van der Waals surface area contributed by atoms with E-state index in [4.69, 9.17) is 18.0 Å². The van der Waals surface area contributed by atoms with Crippen LogP contribution in [-0.4, -0.2) is 15.2 Å². The zero-order chi connectivity index (χ0) is 13.0. The zero-order valence-corrected chi connectivity index (χ0v) is 11.6. The van der Waals surface area contributed by atoms with E-state index in [0.29, 0.717) is 10.8 Å². The number of nitrogens with zero attached hydrogens (tertiary/aromatic N) is 2. The molecule has 3 N–H and O–H groups in total. The average molecular weight is 278 g/mol. The fourth-order valence-electron chi connectivity index (χ4n) is 1.66. The van der Waals surface area contributed by atoms with Crippen molar-refractivity contribution in [2.45, 2.75) is 19.9 Å². The molecule has 0 fully saturated rings. The molecule has 2 heterocycles. The summed E-state index contributed by atoms with van der Waals surface area (Å²) in [5, 5.41) is 13.2. The van der Waals surface area contributed by atoms with Crippen LogP contribution in [0.2, 0.25) is 0 Å². The van der Waals surface area contributed by atoms with Gasteiger partial charge in [-0.25, -0.2) is 0 Å². The van der Waals surface area contributed by atoms with Gasteiger partial charge in [0.25, 0.3) is 0 Å². The zero-order valence-electron chi connectivity index (χ0n) is 10.0. The highest BCUT2D eigenvalue weighted by Crippen LogP contribution is 2.19. The largest absolute Gasteiger partial charge is 0.389 e. The third-order valence-corrected chi connectivity index (χ3v) is 3.80. The van der Waals surface area contributed by atoms with Gasteiger partial charge in [0.15, 0.2) is 5.82 Å². The first-order chi connectivity index (χ1) is 8.72. The Hall–Kier alpha value is -1.53. The smallest absolute Gasteiger partial charge is 0.159 e. The molecule has 94 valence electrons. The summed E-state index contributed by atoms with van der Waals surface area (Å²) >= 11 is 6.72. The van der Waals surface area contributed by atoms with Crippen LogP contribution in [0.4, 0.5) is 5.82 Å². The molecule has 0 aromatic carbocycles. The molecule has 0 aliphatic carbocycles. The Morgan fingerprint density at radius 3 is 3.06 bits per heavy atom. The summed E-state index contributed by atoms with van der Waals surface area (Å²) in [4.78, 5) is 1.63. The maximum atomic E-state index is 5.65. The number of aromatic nitrogens is 2. The molecule has 0 amide bonds. The Morgan fingerprint density at radius 2 is 2.33 bits per heavy atom. The Morgan fingerprint density at radius 1 is 1.50 bits per heavy atom. The number of nitrogens with two attached hydrogens (primary N) is 1. The van der Waals surface area contributed by atoms with Crippen molar-refractivity contribution in [1.82, 2.24) is 10.2 Å². The van der Waals surface area contributed by atoms with Gasteiger partial charge in [0, 0.05) is 4.88 Å². The predicted octanol–water partition coefficient (Wildman–Crippen LogP) is 2.35. The number of rotatable bonds is 5. The van der Waals surface area contributed by atoms with Crippen LogP contribution in [0.3, 0.4) is 0 Å². The van der Waals surface area contributed by atoms with Crippen LogP contribution in [0.1, 0.15) is 22.9 Å². The average Bonchev–Trinajstić information content (AvgIpc) is 2.84. The SMILES string of the molecule is CCc1ccsc1CNc1nnccc1C(N)=S. The Kier molecular flexibility index (Phi) is 4.22. The van der Waals surface area contributed by atoms with Crippen molar-refractivity contribution in [1.29, 1.82) is 0 Å². The molecule has 0 unspecified atom stereocenters. The first-order valence-electron chi connectivity index (χ1n) is 5.63. The number of hydrogen-bond donors (Lipinski definition) is 2. The van der Waals surface area contributed by atoms with Crippen LogP contribution >= 0.6 is 23.6 Å². The standard InChI is InChI=1S/C12H14N4S2/c1-2-8-4-6-18-10(8)7-14-12-9(11(13)17)3-5-15-16-12/h3-6H,2,7H2,1H3,(H2,13,17)(H,14,16). The van der Waals surface area contributed by atoms with Crippen molar-refractivity contribution in [2.75, 3.05) is 5.32 Å². The molecule has 6 heteroatoms. The van der Waals surface area contributed by atoms with Gasteiger partial charge >= 0.3 is 0 Å². The van der Waals surface area contributed by atoms with E-state index in [1.165, 1.54) is 10.4 Å². The fraction of sp³-hybridized carbons (Fsp3) is 0.250. The summed E-state index contributed by atoms with van der Waals surface area (Å²) in [5.74, 6) is 0.639. The molecule has 0 bridgehead atoms. The fourth-order valence-corrected chi connectivity index (χ4v) is 2.74. The normalized spacial score (nSPS) is 10.3. The lowest BCUT2D eigenvalue weighted by Gasteiger charge is -2.08. The molecule has 0 aliphatic heterocycles. The highest BCUT2D eigenvalue weighted by atomic mass is 32.1. The van der Waals surface area contributed by atoms with Gasteiger partial charge in [0.2, 0.25) is 0 Å². The van der Waals surface area contributed by atoms with E-state index in [2.05, 4.69) is 33.9 Å². The molecule has 2 aromatic heterocycles. The summed E-state index contributed by atoms with van der Waals surface area (Å²) in [5.41, 5.74) is 7.73. The van der Waals surface area contributed by atoms with Crippen molar-refractivity contribution in [3.63, 3.8) is 0 Å². The lowest BCUT2D eigenvalue weighted by Crippen LogP contribution is -2.14. The molecule has 2 aromatic rings. The molecule has 0 atom stereocenters. The van der Waals surface area contributed by atoms with Crippen molar-refractivity contribution in [3.8, 4) is 0 Å². The van der Waals surface area contributed by atoms with Crippen molar-refractivity contribution in [2.24, 2.45) is 5.73 Å². The second kappa shape index (κ2) is 5.88. The topological polar surface area (TPSA) is 63.8 Å². The highest BCUT2D eigenvalue weighted by molar-refractivity contribution is 7.80. The monoisotopic (exact) mass is 278 g/mol. The van der Waals surface area contributed by atoms with Crippen molar-refractivity contribution < 1.29 is 0 Å². The minimum Gasteiger partial charge on any atom is -0.389 e. The third-order valence-electron chi connectivity index (χ3n) is 2.62. The van der Waals surface area contributed by atoms with E-state index >= 15 is 0 Å². The molecular formula is C12H14N4S2. The molecule has 18 heavy (non-hydrogen) atoms. The van der Waals surface area contributed by atoms with Gasteiger partial charge in [-0.05, 0) is 29.5 Å². The van der Waals surface area contributed by atoms with Gasteiger partial charge in [-0.2, -0.15) is 5.10 Å². The van der Waals surface area contributed by atoms with Crippen LogP contribution in [0, 0.1) is 0 Å². The Labute approximate surface area is 115 Å². The van der Waals surface area contributed by atoms with E-state index in [9.17, 15) is 0 Å². The molecular weight excluding hydrogens is 264 g/mol. The van der Waals surface area contributed by atoms with Crippen LogP contribution < -0.4 is 11.1 Å². The van der Waals surface area contributed by atoms with Gasteiger partial charge in [-0.15, -0.1) is 16.4 Å². The first kappa shape index (κ1) is 12.9. The quantitative estimate of drug-likeness (QED) is 0.822. The third kappa shape index (κ3) is 2.83. The van der Waals surface area contributed by atoms with Crippen LogP contribution in [0.15, 0.2) is 23.7 Å². The minimum atomic E-state index is 0.328. The predicted molar refractivity (Wildman–Crippen MR) is 78.9 cm³/mol. The molecule has 0 radical (unpaired) electrons. The van der Waals surface area contributed by atoms with E-state index in [-0.39, 0.29) is 0 Å². The van der Waals surface area contributed by atoms with E-state index in [0.717, 1.165) is 18.5 Å². The highest BCUT2D eigenvalue weighted by Gasteiger charge is 2.08. The van der Waals surface area contributed by atoms with Gasteiger partial charge in [-0.3, -0.25) is 0 Å². The number of aryl methyl sites for hydroxylation is 1. The Bertz CT molecular complexity index is 551. The van der Waals surface area contributed by atoms with E-state index < -0.39 is 0 Å². The van der Waals surface area contributed by atoms with Crippen LogP contribution in [0.5, 0.6) is 0 Å². The summed E-state index contributed by atoms with van der Waals surface area (Å²) in [6.45, 7) is 2.86. The van der Waals surface area contributed by atoms with Crippen LogP contribution in [-0.2, 0) is 13.0 Å². The van der Waals surface area contributed by atoms with Crippen molar-refractivity contribution in [3.05, 3.63) is 39.7 Å². The number of thiophene rings is 1. The second-order valence-corrected chi connectivity index (χ2v) is 5.17. The van der Waals surface area contributed by atoms with E-state index in [1.54, 1.807) is 23.6 Å². The summed E-state index contributed by atoms with van der Waals surface area (Å²) < 4.78 is 0. The lowest BCUT2D eigenvalue weighted by molar-refractivity contribution is 0.993. The summed E-state index contributed by atoms with van der Waals surface area (Å²) in [6, 6.07) is 3.92. The molecule has 0 saturated heterocycles. The molecule has 0 saturated carbocycles. The number of thiocarbonyl (C=S) groups is 1. The van der Waals surface area contributed by atoms with Crippen LogP contribution in [0.25, 0.3) is 0 Å². The second-order valence-electron chi connectivity index (χ2n) is 3.73. The maximum absolute atomic E-state index is 5.65. The first-order valence-corrected chi connectivity index (χ1v) is 6.91. The van der Waals surface area contributed by atoms with E-state index in [1.807, 2.05) is 0 Å². The van der Waals surface area contributed by atoms with Gasteiger partial charge in [0.1, 0.15) is 4.99 Å².